The average Bonchev–Trinajstić information content (AvgIpc) is 3.24. The van der Waals surface area contributed by atoms with Crippen LogP contribution in [0.4, 0.5) is 13.9 Å². The first-order valence-electron chi connectivity index (χ1n) is 10.8. The second-order valence-corrected chi connectivity index (χ2v) is 10.7. The van der Waals surface area contributed by atoms with Gasteiger partial charge in [0.15, 0.2) is 20.8 Å². The van der Waals surface area contributed by atoms with Crippen LogP contribution in [0.15, 0.2) is 41.3 Å². The first kappa shape index (κ1) is 26.0. The highest BCUT2D eigenvalue weighted by atomic mass is 32.2. The summed E-state index contributed by atoms with van der Waals surface area (Å²) < 4.78 is 58.7. The third kappa shape index (κ3) is 6.08. The highest BCUT2D eigenvalue weighted by molar-refractivity contribution is 7.91. The maximum Gasteiger partial charge on any atom is 0.229 e. The number of thiazole rings is 1. The van der Waals surface area contributed by atoms with Crippen LogP contribution in [0.2, 0.25) is 0 Å². The molecule has 0 fully saturated rings. The van der Waals surface area contributed by atoms with Gasteiger partial charge in [0.2, 0.25) is 5.91 Å². The van der Waals surface area contributed by atoms with E-state index in [0.29, 0.717) is 12.3 Å². The highest BCUT2D eigenvalue weighted by Crippen LogP contribution is 2.31. The minimum absolute atomic E-state index is 0.0205. The number of fused-ring (bicyclic) bond motifs is 1. The molecule has 3 aromatic rings. The summed E-state index contributed by atoms with van der Waals surface area (Å²) in [5, 5.41) is 0.207. The number of rotatable bonds is 11. The van der Waals surface area contributed by atoms with E-state index in [4.69, 9.17) is 4.74 Å². The third-order valence-corrected chi connectivity index (χ3v) is 8.23. The highest BCUT2D eigenvalue weighted by Gasteiger charge is 2.24. The molecule has 11 heteroatoms. The lowest BCUT2D eigenvalue weighted by Gasteiger charge is -2.24. The van der Waals surface area contributed by atoms with Gasteiger partial charge in [0.1, 0.15) is 17.1 Å². The summed E-state index contributed by atoms with van der Waals surface area (Å²) in [6.07, 6.45) is -0.278. The normalized spacial score (nSPS) is 11.8. The Hall–Kier alpha value is -2.63. The van der Waals surface area contributed by atoms with Crippen molar-refractivity contribution in [2.24, 2.45) is 0 Å². The van der Waals surface area contributed by atoms with Crippen LogP contribution in [0.25, 0.3) is 10.2 Å². The van der Waals surface area contributed by atoms with E-state index in [1.54, 1.807) is 12.1 Å². The summed E-state index contributed by atoms with van der Waals surface area (Å²) in [4.78, 5) is 20.9. The molecule has 3 rings (SSSR count). The Morgan fingerprint density at radius 1 is 1.09 bits per heavy atom. The summed E-state index contributed by atoms with van der Waals surface area (Å²) in [6, 6.07) is 7.86. The van der Waals surface area contributed by atoms with E-state index >= 15 is 0 Å². The van der Waals surface area contributed by atoms with Gasteiger partial charge in [-0.25, -0.2) is 22.2 Å². The number of nitrogens with zero attached hydrogens (tertiary/aromatic N) is 3. The molecule has 0 N–H and O–H groups in total. The Balaban J connectivity index is 1.83. The Morgan fingerprint density at radius 2 is 1.76 bits per heavy atom. The van der Waals surface area contributed by atoms with E-state index in [1.807, 2.05) is 13.8 Å². The van der Waals surface area contributed by atoms with Crippen molar-refractivity contribution in [2.75, 3.05) is 43.9 Å². The Labute approximate surface area is 201 Å². The van der Waals surface area contributed by atoms with Crippen LogP contribution in [0.5, 0.6) is 5.75 Å². The number of hydrogen-bond acceptors (Lipinski definition) is 7. The molecule has 0 unspecified atom stereocenters. The molecule has 1 heterocycles. The van der Waals surface area contributed by atoms with Crippen LogP contribution in [-0.4, -0.2) is 63.3 Å². The summed E-state index contributed by atoms with van der Waals surface area (Å²) >= 11 is 0.995. The van der Waals surface area contributed by atoms with Gasteiger partial charge in [-0.15, -0.1) is 0 Å². The first-order chi connectivity index (χ1) is 16.2. The molecule has 1 amide bonds. The van der Waals surface area contributed by atoms with Crippen LogP contribution < -0.4 is 9.64 Å². The maximum absolute atomic E-state index is 14.2. The molecule has 0 aliphatic rings. The fourth-order valence-electron chi connectivity index (χ4n) is 3.43. The van der Waals surface area contributed by atoms with Gasteiger partial charge in [-0.3, -0.25) is 9.69 Å². The monoisotopic (exact) mass is 511 g/mol. The number of methoxy groups -OCH3 is 1. The molecule has 0 spiro atoms. The van der Waals surface area contributed by atoms with Gasteiger partial charge in [-0.2, -0.15) is 0 Å². The molecule has 34 heavy (non-hydrogen) atoms. The van der Waals surface area contributed by atoms with Gasteiger partial charge in [0.05, 0.1) is 22.5 Å². The van der Waals surface area contributed by atoms with Crippen molar-refractivity contribution in [3.8, 4) is 5.75 Å². The largest absolute Gasteiger partial charge is 0.497 e. The van der Waals surface area contributed by atoms with Crippen LogP contribution in [0, 0.1) is 11.6 Å². The van der Waals surface area contributed by atoms with Crippen LogP contribution >= 0.6 is 11.3 Å². The number of benzene rings is 2. The fourth-order valence-corrected chi connectivity index (χ4v) is 5.70. The molecule has 0 aliphatic carbocycles. The molecular formula is C23H27F2N3O4S2. The lowest BCUT2D eigenvalue weighted by atomic mass is 10.3. The number of amides is 1. The number of likely N-dealkylation sites (N-methyl/N-ethyl adjacent to an activating group) is 1. The number of anilines is 1. The maximum atomic E-state index is 14.2. The molecule has 0 aliphatic heterocycles. The summed E-state index contributed by atoms with van der Waals surface area (Å²) in [5.74, 6) is -1.86. The van der Waals surface area contributed by atoms with Gasteiger partial charge in [0, 0.05) is 25.6 Å². The standard InChI is InChI=1S/C23H27F2N3O4S2/c1-4-27(5-2)11-12-28(23-26-22-19(25)14-16(24)15-20(22)33-23)21(29)10-13-34(30,31)18-8-6-17(32-3)7-9-18/h6-9,14-15H,4-5,10-13H2,1-3H3. The van der Waals surface area contributed by atoms with Crippen molar-refractivity contribution in [3.05, 3.63) is 48.0 Å². The van der Waals surface area contributed by atoms with E-state index in [0.717, 1.165) is 30.5 Å². The van der Waals surface area contributed by atoms with Crippen molar-refractivity contribution in [2.45, 2.75) is 25.2 Å². The van der Waals surface area contributed by atoms with Crippen molar-refractivity contribution in [3.63, 3.8) is 0 Å². The second-order valence-electron chi connectivity index (χ2n) is 7.55. The van der Waals surface area contributed by atoms with Gasteiger partial charge in [0.25, 0.3) is 0 Å². The van der Waals surface area contributed by atoms with Crippen molar-refractivity contribution in [1.82, 2.24) is 9.88 Å². The van der Waals surface area contributed by atoms with E-state index in [-0.39, 0.29) is 33.2 Å². The Morgan fingerprint density at radius 3 is 2.38 bits per heavy atom. The van der Waals surface area contributed by atoms with Crippen LogP contribution in [0.1, 0.15) is 20.3 Å². The van der Waals surface area contributed by atoms with Crippen LogP contribution in [0.3, 0.4) is 0 Å². The third-order valence-electron chi connectivity index (χ3n) is 5.47. The molecule has 184 valence electrons. The van der Waals surface area contributed by atoms with E-state index in [1.165, 1.54) is 30.2 Å². The molecule has 0 saturated heterocycles. The second kappa shape index (κ2) is 11.2. The molecular weight excluding hydrogens is 484 g/mol. The Kier molecular flexibility index (Phi) is 8.56. The molecule has 0 atom stereocenters. The molecule has 1 aromatic heterocycles. The zero-order valence-electron chi connectivity index (χ0n) is 19.3. The van der Waals surface area contributed by atoms with Crippen LogP contribution in [-0.2, 0) is 14.6 Å². The van der Waals surface area contributed by atoms with Gasteiger partial charge >= 0.3 is 0 Å². The smallest absolute Gasteiger partial charge is 0.229 e. The van der Waals surface area contributed by atoms with E-state index < -0.39 is 33.1 Å². The summed E-state index contributed by atoms with van der Waals surface area (Å²) in [5.41, 5.74) is -0.0205. The number of carbonyl (C=O) groups is 1. The number of carbonyl (C=O) groups excluding carboxylic acids is 1. The van der Waals surface area contributed by atoms with Gasteiger partial charge in [-0.1, -0.05) is 25.2 Å². The van der Waals surface area contributed by atoms with Crippen molar-refractivity contribution in [1.29, 1.82) is 0 Å². The summed E-state index contributed by atoms with van der Waals surface area (Å²) in [6.45, 7) is 6.29. The number of hydrogen-bond donors (Lipinski definition) is 0. The zero-order valence-corrected chi connectivity index (χ0v) is 20.9. The molecule has 7 nitrogen and oxygen atoms in total. The number of aromatic nitrogens is 1. The predicted molar refractivity (Wildman–Crippen MR) is 129 cm³/mol. The van der Waals surface area contributed by atoms with Gasteiger partial charge < -0.3 is 9.64 Å². The first-order valence-corrected chi connectivity index (χ1v) is 13.3. The number of sulfone groups is 1. The zero-order chi connectivity index (χ0) is 24.9. The van der Waals surface area contributed by atoms with Crippen molar-refractivity contribution < 1.29 is 26.7 Å². The predicted octanol–water partition coefficient (Wildman–Crippen LogP) is 4.12. The quantitative estimate of drug-likeness (QED) is 0.385. The molecule has 0 bridgehead atoms. The molecule has 0 radical (unpaired) electrons. The Bertz CT molecular complexity index is 1240. The number of halogens is 2. The fraction of sp³-hybridized carbons (Fsp3) is 0.391. The molecule has 2 aromatic carbocycles. The van der Waals surface area contributed by atoms with E-state index in [2.05, 4.69) is 9.88 Å². The topological polar surface area (TPSA) is 79.8 Å². The minimum atomic E-state index is -3.71. The minimum Gasteiger partial charge on any atom is -0.497 e. The lowest BCUT2D eigenvalue weighted by molar-refractivity contribution is -0.118. The average molecular weight is 512 g/mol. The SMILES string of the molecule is CCN(CC)CCN(C(=O)CCS(=O)(=O)c1ccc(OC)cc1)c1nc2c(F)cc(F)cc2s1. The van der Waals surface area contributed by atoms with E-state index in [9.17, 15) is 22.0 Å². The molecule has 0 saturated carbocycles. The van der Waals surface area contributed by atoms with Crippen molar-refractivity contribution >= 4 is 42.4 Å². The summed E-state index contributed by atoms with van der Waals surface area (Å²) in [7, 11) is -2.23. The van der Waals surface area contributed by atoms with Gasteiger partial charge in [-0.05, 0) is 43.4 Å². The number of ether oxygens (including phenoxy) is 1. The lowest BCUT2D eigenvalue weighted by Crippen LogP contribution is -2.39.